The third-order valence-electron chi connectivity index (χ3n) is 3.28. The molecule has 0 saturated heterocycles. The summed E-state index contributed by atoms with van der Waals surface area (Å²) >= 11 is 0. The molecule has 0 rings (SSSR count). The Bertz CT molecular complexity index is 448. The molecular weight excluding hydrogens is 310 g/mol. The summed E-state index contributed by atoms with van der Waals surface area (Å²) in [4.78, 5) is 22.8. The average Bonchev–Trinajstić information content (AvgIpc) is 2.39. The Morgan fingerprint density at radius 1 is 1.09 bits per heavy atom. The van der Waals surface area contributed by atoms with Gasteiger partial charge >= 0.3 is 5.97 Å². The fraction of sp³-hybridized carbons (Fsp3) is 0.857. The molecule has 0 aliphatic heterocycles. The number of amides is 1. The second-order valence-corrected chi connectivity index (χ2v) is 6.97. The van der Waals surface area contributed by atoms with Crippen LogP contribution in [0.1, 0.15) is 65.2 Å². The Kier molecular flexibility index (Phi) is 10.0. The first kappa shape index (κ1) is 20.9. The molecule has 0 aromatic rings. The summed E-state index contributed by atoms with van der Waals surface area (Å²) in [5.41, 5.74) is 4.91. The van der Waals surface area contributed by atoms with Crippen molar-refractivity contribution < 1.29 is 27.3 Å². The summed E-state index contributed by atoms with van der Waals surface area (Å²) in [5, 5.41) is -1.94. The van der Waals surface area contributed by atoms with E-state index in [9.17, 15) is 18.0 Å². The SMILES string of the molecule is CCCCCCC(CCC)OC(=O)C(CC(N)=O)S(=O)(=O)O. The molecule has 8 heteroatoms. The standard InChI is InChI=1S/C14H27NO6S/c1-3-5-6-7-9-11(8-4-2)21-14(17)12(10-13(15)16)22(18,19)20/h11-12H,3-10H2,1-2H3,(H2,15,16)(H,18,19,20). The highest BCUT2D eigenvalue weighted by Gasteiger charge is 2.35. The number of esters is 1. The maximum atomic E-state index is 11.9. The molecule has 0 fully saturated rings. The number of hydrogen-bond donors (Lipinski definition) is 2. The topological polar surface area (TPSA) is 124 Å². The van der Waals surface area contributed by atoms with Crippen LogP contribution in [0.2, 0.25) is 0 Å². The molecule has 130 valence electrons. The van der Waals surface area contributed by atoms with Crippen LogP contribution in [0.15, 0.2) is 0 Å². The van der Waals surface area contributed by atoms with Crippen LogP contribution in [-0.4, -0.2) is 36.2 Å². The highest BCUT2D eigenvalue weighted by atomic mass is 32.2. The van der Waals surface area contributed by atoms with Crippen LogP contribution in [0.3, 0.4) is 0 Å². The summed E-state index contributed by atoms with van der Waals surface area (Å²) in [6.45, 7) is 4.01. The van der Waals surface area contributed by atoms with Crippen LogP contribution in [0, 0.1) is 0 Å². The fourth-order valence-corrected chi connectivity index (χ4v) is 2.79. The van der Waals surface area contributed by atoms with Gasteiger partial charge < -0.3 is 10.5 Å². The van der Waals surface area contributed by atoms with Gasteiger partial charge in [-0.05, 0) is 19.3 Å². The van der Waals surface area contributed by atoms with Gasteiger partial charge in [0.2, 0.25) is 5.91 Å². The minimum Gasteiger partial charge on any atom is -0.461 e. The van der Waals surface area contributed by atoms with E-state index in [-0.39, 0.29) is 0 Å². The van der Waals surface area contributed by atoms with Crippen molar-refractivity contribution in [1.29, 1.82) is 0 Å². The maximum Gasteiger partial charge on any atom is 0.327 e. The number of nitrogens with two attached hydrogens (primary N) is 1. The molecule has 2 atom stereocenters. The molecule has 0 saturated carbocycles. The highest BCUT2D eigenvalue weighted by molar-refractivity contribution is 7.87. The van der Waals surface area contributed by atoms with Crippen molar-refractivity contribution >= 4 is 22.0 Å². The first-order chi connectivity index (χ1) is 10.2. The minimum atomic E-state index is -4.72. The Morgan fingerprint density at radius 3 is 2.18 bits per heavy atom. The van der Waals surface area contributed by atoms with E-state index in [0.29, 0.717) is 12.8 Å². The Labute approximate surface area is 132 Å². The molecule has 0 radical (unpaired) electrons. The normalized spacial score (nSPS) is 14.3. The molecule has 7 nitrogen and oxygen atoms in total. The minimum absolute atomic E-state index is 0.411. The molecular formula is C14H27NO6S. The first-order valence-electron chi connectivity index (χ1n) is 7.67. The van der Waals surface area contributed by atoms with Gasteiger partial charge in [-0.15, -0.1) is 0 Å². The van der Waals surface area contributed by atoms with Crippen LogP contribution >= 0.6 is 0 Å². The summed E-state index contributed by atoms with van der Waals surface area (Å²) in [7, 11) is -4.72. The average molecular weight is 337 g/mol. The molecule has 0 aromatic heterocycles. The number of hydrogen-bond acceptors (Lipinski definition) is 5. The van der Waals surface area contributed by atoms with E-state index in [1.54, 1.807) is 0 Å². The zero-order valence-electron chi connectivity index (χ0n) is 13.3. The number of carbonyl (C=O) groups is 2. The van der Waals surface area contributed by atoms with Gasteiger partial charge in [0.05, 0.1) is 6.42 Å². The maximum absolute atomic E-state index is 11.9. The quantitative estimate of drug-likeness (QED) is 0.318. The number of unbranched alkanes of at least 4 members (excludes halogenated alkanes) is 3. The Morgan fingerprint density at radius 2 is 1.73 bits per heavy atom. The summed E-state index contributed by atoms with van der Waals surface area (Å²) in [5.74, 6) is -2.11. The lowest BCUT2D eigenvalue weighted by Gasteiger charge is -2.20. The van der Waals surface area contributed by atoms with Crippen molar-refractivity contribution in [2.45, 2.75) is 76.6 Å². The van der Waals surface area contributed by atoms with E-state index in [2.05, 4.69) is 6.92 Å². The number of rotatable bonds is 12. The summed E-state index contributed by atoms with van der Waals surface area (Å²) in [6, 6.07) is 0. The second kappa shape index (κ2) is 10.6. The molecule has 0 heterocycles. The van der Waals surface area contributed by atoms with Crippen molar-refractivity contribution in [3.05, 3.63) is 0 Å². The zero-order chi connectivity index (χ0) is 17.2. The molecule has 0 aliphatic rings. The summed E-state index contributed by atoms with van der Waals surface area (Å²) < 4.78 is 36.6. The van der Waals surface area contributed by atoms with E-state index in [0.717, 1.165) is 32.1 Å². The lowest BCUT2D eigenvalue weighted by atomic mass is 10.1. The molecule has 0 aromatic carbocycles. The van der Waals surface area contributed by atoms with E-state index < -0.39 is 39.8 Å². The highest BCUT2D eigenvalue weighted by Crippen LogP contribution is 2.16. The predicted octanol–water partition coefficient (Wildman–Crippen LogP) is 1.80. The third kappa shape index (κ3) is 8.99. The van der Waals surface area contributed by atoms with Gasteiger partial charge in [0, 0.05) is 0 Å². The predicted molar refractivity (Wildman–Crippen MR) is 82.7 cm³/mol. The Balaban J connectivity index is 4.71. The van der Waals surface area contributed by atoms with Gasteiger partial charge in [0.25, 0.3) is 10.1 Å². The van der Waals surface area contributed by atoms with Crippen LogP contribution in [0.5, 0.6) is 0 Å². The lowest BCUT2D eigenvalue weighted by Crippen LogP contribution is -2.37. The summed E-state index contributed by atoms with van der Waals surface area (Å²) in [6.07, 6.45) is 4.87. The van der Waals surface area contributed by atoms with Crippen LogP contribution in [0.4, 0.5) is 0 Å². The van der Waals surface area contributed by atoms with E-state index >= 15 is 0 Å². The van der Waals surface area contributed by atoms with Gasteiger partial charge in [-0.1, -0.05) is 39.5 Å². The van der Waals surface area contributed by atoms with Gasteiger partial charge in [0.1, 0.15) is 6.10 Å². The molecule has 3 N–H and O–H groups in total. The molecule has 0 aliphatic carbocycles. The van der Waals surface area contributed by atoms with Crippen LogP contribution in [-0.2, 0) is 24.4 Å². The number of primary amides is 1. The van der Waals surface area contributed by atoms with Crippen molar-refractivity contribution in [1.82, 2.24) is 0 Å². The Hall–Kier alpha value is -1.15. The largest absolute Gasteiger partial charge is 0.461 e. The lowest BCUT2D eigenvalue weighted by molar-refractivity contribution is -0.150. The van der Waals surface area contributed by atoms with Crippen molar-refractivity contribution in [2.75, 3.05) is 0 Å². The van der Waals surface area contributed by atoms with Crippen molar-refractivity contribution in [3.8, 4) is 0 Å². The fourth-order valence-electron chi connectivity index (χ4n) is 2.12. The van der Waals surface area contributed by atoms with E-state index in [1.807, 2.05) is 6.92 Å². The molecule has 0 spiro atoms. The zero-order valence-corrected chi connectivity index (χ0v) is 14.1. The van der Waals surface area contributed by atoms with E-state index in [4.69, 9.17) is 15.0 Å². The third-order valence-corrected chi connectivity index (χ3v) is 4.36. The van der Waals surface area contributed by atoms with Crippen LogP contribution < -0.4 is 5.73 Å². The van der Waals surface area contributed by atoms with Crippen molar-refractivity contribution in [3.63, 3.8) is 0 Å². The number of carbonyl (C=O) groups excluding carboxylic acids is 2. The molecule has 2 unspecified atom stereocenters. The number of ether oxygens (including phenoxy) is 1. The van der Waals surface area contributed by atoms with Gasteiger partial charge in [-0.25, -0.2) is 0 Å². The van der Waals surface area contributed by atoms with Crippen molar-refractivity contribution in [2.24, 2.45) is 5.73 Å². The second-order valence-electron chi connectivity index (χ2n) is 5.37. The van der Waals surface area contributed by atoms with Gasteiger partial charge in [0.15, 0.2) is 5.25 Å². The first-order valence-corrected chi connectivity index (χ1v) is 9.17. The molecule has 0 bridgehead atoms. The molecule has 22 heavy (non-hydrogen) atoms. The van der Waals surface area contributed by atoms with Gasteiger partial charge in [-0.3, -0.25) is 14.1 Å². The smallest absolute Gasteiger partial charge is 0.327 e. The van der Waals surface area contributed by atoms with E-state index in [1.165, 1.54) is 0 Å². The van der Waals surface area contributed by atoms with Gasteiger partial charge in [-0.2, -0.15) is 8.42 Å². The monoisotopic (exact) mass is 337 g/mol. The molecule has 1 amide bonds. The van der Waals surface area contributed by atoms with Crippen LogP contribution in [0.25, 0.3) is 0 Å².